The third-order valence-electron chi connectivity index (χ3n) is 5.44. The molecule has 0 aliphatic carbocycles. The van der Waals surface area contributed by atoms with Gasteiger partial charge in [0.15, 0.2) is 0 Å². The van der Waals surface area contributed by atoms with Gasteiger partial charge in [-0.1, -0.05) is 49.8 Å². The molecule has 2 aromatic rings. The van der Waals surface area contributed by atoms with E-state index in [-0.39, 0.29) is 5.69 Å². The predicted octanol–water partition coefficient (Wildman–Crippen LogP) is 7.58. The van der Waals surface area contributed by atoms with Crippen molar-refractivity contribution in [1.29, 1.82) is 0 Å². The number of phenols is 1. The Morgan fingerprint density at radius 3 is 2.15 bits per heavy atom. The molecule has 3 rings (SSSR count). The molecule has 1 aliphatic rings. The molecular weight excluding hydrogens is 546 g/mol. The van der Waals surface area contributed by atoms with Crippen LogP contribution in [0.1, 0.15) is 46.1 Å². The van der Waals surface area contributed by atoms with Gasteiger partial charge in [-0.15, -0.1) is 0 Å². The number of alkyl halides is 3. The highest BCUT2D eigenvalue weighted by Gasteiger charge is 2.34. The van der Waals surface area contributed by atoms with Gasteiger partial charge >= 0.3 is 6.18 Å². The van der Waals surface area contributed by atoms with Crippen molar-refractivity contribution in [3.63, 3.8) is 0 Å². The average Bonchev–Trinajstić information content (AvgIpc) is 3.34. The maximum Gasteiger partial charge on any atom is 0.419 e. The van der Waals surface area contributed by atoms with E-state index < -0.39 is 38.2 Å². The maximum absolute atomic E-state index is 14.5. The van der Waals surface area contributed by atoms with E-state index in [4.69, 9.17) is 0 Å². The molecule has 6 nitrogen and oxygen atoms in total. The van der Waals surface area contributed by atoms with E-state index in [1.165, 1.54) is 32.0 Å². The zero-order chi connectivity index (χ0) is 30.5. The molecule has 40 heavy (non-hydrogen) atoms. The second kappa shape index (κ2) is 16.1. The summed E-state index contributed by atoms with van der Waals surface area (Å²) >= 11 is 0. The highest BCUT2D eigenvalue weighted by atomic mass is 32.2. The molecule has 11 heteroatoms. The molecule has 0 amide bonds. The number of halogens is 4. The van der Waals surface area contributed by atoms with Crippen molar-refractivity contribution in [3.8, 4) is 5.75 Å². The van der Waals surface area contributed by atoms with Gasteiger partial charge in [0.25, 0.3) is 10.0 Å². The minimum atomic E-state index is -4.80. The number of nitrogens with one attached hydrogen (secondary N) is 2. The standard InChI is InChI=1S/C22H22F4N2O3S.C5H11N.C2H6/c1-14(2)5-4-6-15(3)13-27-16-8-10-21(19(23)11-16)32(30,31)28-17-7-9-18(20(29)12-17)22(24,25)26;1-6-4-2-3-5-6;1-2/h4-12,27-29H,1,13H2,2-3H3;2-5H2,1H3;1-2H3/b5-4-,15-6-;;. The molecule has 2 aromatic carbocycles. The Balaban J connectivity index is 0.000000866. The summed E-state index contributed by atoms with van der Waals surface area (Å²) in [7, 11) is -2.28. The number of sulfonamides is 1. The number of hydrogen-bond acceptors (Lipinski definition) is 5. The summed E-state index contributed by atoms with van der Waals surface area (Å²) in [5.41, 5.74) is 0.497. The van der Waals surface area contributed by atoms with E-state index in [0.29, 0.717) is 24.4 Å². The first-order chi connectivity index (χ1) is 18.7. The number of nitrogens with zero attached hydrogens (tertiary/aromatic N) is 1. The molecule has 0 radical (unpaired) electrons. The van der Waals surface area contributed by atoms with Gasteiger partial charge in [0.2, 0.25) is 0 Å². The van der Waals surface area contributed by atoms with Crippen LogP contribution in [-0.2, 0) is 16.2 Å². The van der Waals surface area contributed by atoms with Crippen molar-refractivity contribution < 1.29 is 31.1 Å². The van der Waals surface area contributed by atoms with E-state index in [9.17, 15) is 31.1 Å². The van der Waals surface area contributed by atoms with Crippen LogP contribution in [0.4, 0.5) is 28.9 Å². The molecule has 0 atom stereocenters. The van der Waals surface area contributed by atoms with Gasteiger partial charge in [0.05, 0.1) is 11.3 Å². The van der Waals surface area contributed by atoms with E-state index in [2.05, 4.69) is 23.8 Å². The number of likely N-dealkylation sites (tertiary alicyclic amines) is 1. The van der Waals surface area contributed by atoms with Gasteiger partial charge in [-0.25, -0.2) is 12.8 Å². The zero-order valence-electron chi connectivity index (χ0n) is 23.6. The van der Waals surface area contributed by atoms with Crippen LogP contribution >= 0.6 is 0 Å². The summed E-state index contributed by atoms with van der Waals surface area (Å²) in [6.45, 7) is 14.5. The Morgan fingerprint density at radius 2 is 1.68 bits per heavy atom. The first-order valence-electron chi connectivity index (χ1n) is 12.8. The van der Waals surface area contributed by atoms with Crippen LogP contribution in [-0.4, -0.2) is 45.1 Å². The fraction of sp³-hybridized carbons (Fsp3) is 0.379. The summed E-state index contributed by atoms with van der Waals surface area (Å²) in [5, 5.41) is 12.5. The van der Waals surface area contributed by atoms with E-state index >= 15 is 0 Å². The second-order valence-corrected chi connectivity index (χ2v) is 10.7. The van der Waals surface area contributed by atoms with Crippen LogP contribution in [0.15, 0.2) is 77.2 Å². The van der Waals surface area contributed by atoms with Crippen LogP contribution in [0.25, 0.3) is 0 Å². The van der Waals surface area contributed by atoms with Gasteiger partial charge in [-0.05, 0) is 77.2 Å². The van der Waals surface area contributed by atoms with Crippen LogP contribution < -0.4 is 10.0 Å². The van der Waals surface area contributed by atoms with Gasteiger partial charge in [0, 0.05) is 18.3 Å². The molecule has 0 spiro atoms. The fourth-order valence-electron chi connectivity index (χ4n) is 3.43. The molecule has 3 N–H and O–H groups in total. The normalized spacial score (nSPS) is 14.2. The van der Waals surface area contributed by atoms with Gasteiger partial charge in [-0.2, -0.15) is 13.2 Å². The number of aromatic hydroxyl groups is 1. The minimum absolute atomic E-state index is 0.338. The quantitative estimate of drug-likeness (QED) is 0.220. The Morgan fingerprint density at radius 1 is 1.07 bits per heavy atom. The van der Waals surface area contributed by atoms with Crippen LogP contribution in [0.2, 0.25) is 0 Å². The lowest BCUT2D eigenvalue weighted by atomic mass is 10.2. The predicted molar refractivity (Wildman–Crippen MR) is 155 cm³/mol. The number of rotatable bonds is 8. The highest BCUT2D eigenvalue weighted by molar-refractivity contribution is 7.92. The third-order valence-corrected chi connectivity index (χ3v) is 6.85. The molecule has 1 saturated heterocycles. The monoisotopic (exact) mass is 585 g/mol. The van der Waals surface area contributed by atoms with Crippen molar-refractivity contribution in [2.75, 3.05) is 36.7 Å². The third kappa shape index (κ3) is 11.8. The van der Waals surface area contributed by atoms with Gasteiger partial charge in [-0.3, -0.25) is 4.72 Å². The molecule has 0 unspecified atom stereocenters. The summed E-state index contributed by atoms with van der Waals surface area (Å²) in [5.74, 6) is -2.21. The zero-order valence-corrected chi connectivity index (χ0v) is 24.4. The summed E-state index contributed by atoms with van der Waals surface area (Å²) in [6.07, 6.45) is 3.52. The topological polar surface area (TPSA) is 81.7 Å². The van der Waals surface area contributed by atoms with E-state index in [0.717, 1.165) is 29.3 Å². The van der Waals surface area contributed by atoms with Crippen LogP contribution in [0.5, 0.6) is 5.75 Å². The molecule has 222 valence electrons. The SMILES string of the molecule is C=C(C)/C=C\C=C(\C)CNc1ccc(S(=O)(=O)Nc2ccc(C(F)(F)F)c(O)c2)c(F)c1.CC.CN1CCCC1. The molecule has 0 saturated carbocycles. The second-order valence-electron chi connectivity index (χ2n) is 9.06. The first kappa shape index (κ1) is 34.7. The molecule has 1 aliphatic heterocycles. The number of benzene rings is 2. The number of phenolic OH excluding ortho intramolecular Hbond substituents is 1. The lowest BCUT2D eigenvalue weighted by Crippen LogP contribution is -2.15. The number of anilines is 2. The molecular formula is C29H39F4N3O3S. The van der Waals surface area contributed by atoms with Gasteiger partial charge in [0.1, 0.15) is 16.5 Å². The highest BCUT2D eigenvalue weighted by Crippen LogP contribution is 2.37. The molecule has 0 bridgehead atoms. The first-order valence-corrected chi connectivity index (χ1v) is 14.3. The number of allylic oxidation sites excluding steroid dienone is 4. The van der Waals surface area contributed by atoms with Crippen LogP contribution in [0, 0.1) is 5.82 Å². The Labute approximate surface area is 235 Å². The van der Waals surface area contributed by atoms with Crippen molar-refractivity contribution >= 4 is 21.4 Å². The Hall–Kier alpha value is -3.31. The average molecular weight is 586 g/mol. The minimum Gasteiger partial charge on any atom is -0.507 e. The van der Waals surface area contributed by atoms with Crippen molar-refractivity contribution in [1.82, 2.24) is 4.90 Å². The summed E-state index contributed by atoms with van der Waals surface area (Å²) in [6, 6.07) is 5.34. The fourth-order valence-corrected chi connectivity index (χ4v) is 4.54. The van der Waals surface area contributed by atoms with E-state index in [1.807, 2.05) is 50.6 Å². The maximum atomic E-state index is 14.5. The molecule has 1 heterocycles. The summed E-state index contributed by atoms with van der Waals surface area (Å²) in [4.78, 5) is 1.67. The molecule has 0 aromatic heterocycles. The summed E-state index contributed by atoms with van der Waals surface area (Å²) < 4.78 is 79.5. The Bertz CT molecular complexity index is 1280. The molecule has 1 fully saturated rings. The smallest absolute Gasteiger partial charge is 0.419 e. The van der Waals surface area contributed by atoms with Crippen molar-refractivity contribution in [2.24, 2.45) is 0 Å². The largest absolute Gasteiger partial charge is 0.507 e. The lowest BCUT2D eigenvalue weighted by Gasteiger charge is -2.13. The Kier molecular flexibility index (Phi) is 14.0. The van der Waals surface area contributed by atoms with Gasteiger partial charge < -0.3 is 15.3 Å². The number of hydrogen-bond donors (Lipinski definition) is 3. The lowest BCUT2D eigenvalue weighted by molar-refractivity contribution is -0.138. The van der Waals surface area contributed by atoms with Crippen LogP contribution in [0.3, 0.4) is 0 Å². The van der Waals surface area contributed by atoms with Crippen molar-refractivity contribution in [3.05, 3.63) is 83.7 Å². The van der Waals surface area contributed by atoms with E-state index in [1.54, 1.807) is 0 Å². The van der Waals surface area contributed by atoms with Crippen molar-refractivity contribution in [2.45, 2.75) is 51.6 Å².